The Kier molecular flexibility index (Phi) is 4.85. The van der Waals surface area contributed by atoms with Crippen LogP contribution in [-0.2, 0) is 0 Å². The first-order chi connectivity index (χ1) is 11.5. The first kappa shape index (κ1) is 16.9. The van der Waals surface area contributed by atoms with Crippen molar-refractivity contribution in [2.45, 2.75) is 64.4 Å². The first-order valence-corrected chi connectivity index (χ1v) is 8.77. The van der Waals surface area contributed by atoms with Crippen LogP contribution in [0.4, 0.5) is 0 Å². The molecule has 0 aliphatic heterocycles. The molecule has 3 rings (SSSR count). The van der Waals surface area contributed by atoms with Crippen molar-refractivity contribution in [3.8, 4) is 0 Å². The fourth-order valence-electron chi connectivity index (χ4n) is 2.89. The normalized spacial score (nSPS) is 15.9. The number of amides is 1. The van der Waals surface area contributed by atoms with Crippen LogP contribution in [0, 0.1) is 0 Å². The van der Waals surface area contributed by atoms with E-state index in [4.69, 9.17) is 4.52 Å². The Labute approximate surface area is 141 Å². The fourth-order valence-corrected chi connectivity index (χ4v) is 2.89. The van der Waals surface area contributed by atoms with Crippen molar-refractivity contribution in [3.63, 3.8) is 0 Å². The Morgan fingerprint density at radius 1 is 1.46 bits per heavy atom. The summed E-state index contributed by atoms with van der Waals surface area (Å²) in [4.78, 5) is 17.3. The van der Waals surface area contributed by atoms with Crippen molar-refractivity contribution < 1.29 is 14.4 Å². The molecule has 2 heterocycles. The Morgan fingerprint density at radius 2 is 2.21 bits per heavy atom. The molecule has 1 amide bonds. The van der Waals surface area contributed by atoms with Crippen LogP contribution in [0.5, 0.6) is 0 Å². The summed E-state index contributed by atoms with van der Waals surface area (Å²) < 4.78 is 5.39. The number of hydrogen-bond donors (Lipinski definition) is 2. The Bertz CT molecular complexity index is 734. The van der Waals surface area contributed by atoms with Crippen LogP contribution in [-0.4, -0.2) is 33.8 Å². The Balaban J connectivity index is 1.94. The second kappa shape index (κ2) is 6.89. The minimum Gasteiger partial charge on any atom is -0.391 e. The van der Waals surface area contributed by atoms with Crippen molar-refractivity contribution in [2.75, 3.05) is 6.54 Å². The van der Waals surface area contributed by atoms with Crippen LogP contribution in [0.1, 0.15) is 80.0 Å². The second-order valence-electron chi connectivity index (χ2n) is 6.92. The third kappa shape index (κ3) is 3.43. The quantitative estimate of drug-likeness (QED) is 0.814. The van der Waals surface area contributed by atoms with Gasteiger partial charge in [-0.25, -0.2) is 4.98 Å². The highest BCUT2D eigenvalue weighted by atomic mass is 16.5. The van der Waals surface area contributed by atoms with Gasteiger partial charge in [-0.2, -0.15) is 0 Å². The fraction of sp³-hybridized carbons (Fsp3) is 0.611. The lowest BCUT2D eigenvalue weighted by Gasteiger charge is -2.12. The number of carbonyl (C=O) groups excluding carboxylic acids is 1. The number of aromatic nitrogens is 2. The molecule has 0 aromatic carbocycles. The lowest BCUT2D eigenvalue weighted by molar-refractivity contribution is 0.0911. The molecule has 0 spiro atoms. The summed E-state index contributed by atoms with van der Waals surface area (Å²) in [5.41, 5.74) is 2.63. The SMILES string of the molecule is CCCC(O)CNC(=O)c1cc(C2CC2)nc2onc(C(C)C)c12. The zero-order valence-corrected chi connectivity index (χ0v) is 14.5. The molecule has 1 atom stereocenters. The predicted molar refractivity (Wildman–Crippen MR) is 91.1 cm³/mol. The maximum absolute atomic E-state index is 12.7. The summed E-state index contributed by atoms with van der Waals surface area (Å²) in [6, 6.07) is 1.87. The topological polar surface area (TPSA) is 88.2 Å². The zero-order chi connectivity index (χ0) is 17.3. The molecule has 2 aromatic heterocycles. The smallest absolute Gasteiger partial charge is 0.259 e. The maximum atomic E-state index is 12.7. The number of fused-ring (bicyclic) bond motifs is 1. The van der Waals surface area contributed by atoms with Crippen LogP contribution >= 0.6 is 0 Å². The van der Waals surface area contributed by atoms with Gasteiger partial charge in [-0.3, -0.25) is 4.79 Å². The van der Waals surface area contributed by atoms with Gasteiger partial charge in [0.2, 0.25) is 0 Å². The molecule has 0 bridgehead atoms. The largest absolute Gasteiger partial charge is 0.391 e. The molecular formula is C18H25N3O3. The van der Waals surface area contributed by atoms with Gasteiger partial charge in [-0.15, -0.1) is 0 Å². The number of hydrogen-bond acceptors (Lipinski definition) is 5. The second-order valence-corrected chi connectivity index (χ2v) is 6.92. The minimum atomic E-state index is -0.522. The summed E-state index contributed by atoms with van der Waals surface area (Å²) in [6.07, 6.45) is 3.22. The minimum absolute atomic E-state index is 0.136. The molecule has 0 saturated heterocycles. The molecule has 1 saturated carbocycles. The number of pyridine rings is 1. The van der Waals surface area contributed by atoms with Gasteiger partial charge in [0.25, 0.3) is 11.6 Å². The van der Waals surface area contributed by atoms with Gasteiger partial charge < -0.3 is 14.9 Å². The molecule has 2 N–H and O–H groups in total. The predicted octanol–water partition coefficient (Wildman–Crippen LogP) is 3.11. The highest BCUT2D eigenvalue weighted by molar-refractivity contribution is 6.06. The van der Waals surface area contributed by atoms with Crippen LogP contribution in [0.2, 0.25) is 0 Å². The molecule has 1 aliphatic carbocycles. The average Bonchev–Trinajstić information content (AvgIpc) is 3.31. The van der Waals surface area contributed by atoms with Gasteiger partial charge in [-0.1, -0.05) is 32.3 Å². The van der Waals surface area contributed by atoms with E-state index in [1.165, 1.54) is 0 Å². The lowest BCUT2D eigenvalue weighted by Crippen LogP contribution is -2.32. The lowest BCUT2D eigenvalue weighted by atomic mass is 10.0. The highest BCUT2D eigenvalue weighted by Crippen LogP contribution is 2.41. The van der Waals surface area contributed by atoms with E-state index in [2.05, 4.69) is 15.5 Å². The van der Waals surface area contributed by atoms with Crippen LogP contribution in [0.3, 0.4) is 0 Å². The maximum Gasteiger partial charge on any atom is 0.259 e. The summed E-state index contributed by atoms with van der Waals surface area (Å²) in [5.74, 6) is 0.348. The highest BCUT2D eigenvalue weighted by Gasteiger charge is 2.29. The number of aliphatic hydroxyl groups is 1. The molecule has 0 radical (unpaired) electrons. The number of carbonyl (C=O) groups is 1. The van der Waals surface area contributed by atoms with Gasteiger partial charge in [0.15, 0.2) is 0 Å². The summed E-state index contributed by atoms with van der Waals surface area (Å²) in [7, 11) is 0. The van der Waals surface area contributed by atoms with Crippen molar-refractivity contribution in [1.29, 1.82) is 0 Å². The van der Waals surface area contributed by atoms with E-state index in [9.17, 15) is 9.90 Å². The van der Waals surface area contributed by atoms with Crippen molar-refractivity contribution >= 4 is 17.0 Å². The number of nitrogens with zero attached hydrogens (tertiary/aromatic N) is 2. The van der Waals surface area contributed by atoms with Gasteiger partial charge in [0.1, 0.15) is 0 Å². The molecular weight excluding hydrogens is 306 g/mol. The van der Waals surface area contributed by atoms with E-state index < -0.39 is 6.10 Å². The van der Waals surface area contributed by atoms with E-state index in [0.29, 0.717) is 29.0 Å². The third-order valence-electron chi connectivity index (χ3n) is 4.40. The molecule has 6 heteroatoms. The molecule has 1 fully saturated rings. The summed E-state index contributed by atoms with van der Waals surface area (Å²) >= 11 is 0. The van der Waals surface area contributed by atoms with Gasteiger partial charge in [-0.05, 0) is 31.2 Å². The van der Waals surface area contributed by atoms with E-state index in [1.54, 1.807) is 0 Å². The van der Waals surface area contributed by atoms with Crippen molar-refractivity contribution in [1.82, 2.24) is 15.5 Å². The van der Waals surface area contributed by atoms with Gasteiger partial charge >= 0.3 is 0 Å². The van der Waals surface area contributed by atoms with Gasteiger partial charge in [0.05, 0.1) is 22.7 Å². The average molecular weight is 331 g/mol. The molecule has 6 nitrogen and oxygen atoms in total. The van der Waals surface area contributed by atoms with Gasteiger partial charge in [0, 0.05) is 18.2 Å². The van der Waals surface area contributed by atoms with E-state index in [0.717, 1.165) is 30.7 Å². The zero-order valence-electron chi connectivity index (χ0n) is 14.5. The molecule has 2 aromatic rings. The van der Waals surface area contributed by atoms with E-state index >= 15 is 0 Å². The monoisotopic (exact) mass is 331 g/mol. The molecule has 24 heavy (non-hydrogen) atoms. The van der Waals surface area contributed by atoms with Crippen LogP contribution < -0.4 is 5.32 Å². The summed E-state index contributed by atoms with van der Waals surface area (Å²) in [6.45, 7) is 6.28. The standard InChI is InChI=1S/C18H25N3O3/c1-4-5-12(22)9-19-17(23)13-8-14(11-6-7-11)20-18-15(13)16(10(2)3)21-24-18/h8,10-12,22H,4-7,9H2,1-3H3,(H,19,23). The van der Waals surface area contributed by atoms with Crippen molar-refractivity contribution in [2.24, 2.45) is 0 Å². The molecule has 1 unspecified atom stereocenters. The summed E-state index contributed by atoms with van der Waals surface area (Å²) in [5, 5.41) is 17.5. The Morgan fingerprint density at radius 3 is 2.83 bits per heavy atom. The van der Waals surface area contributed by atoms with E-state index in [1.807, 2.05) is 26.8 Å². The first-order valence-electron chi connectivity index (χ1n) is 8.77. The third-order valence-corrected chi connectivity index (χ3v) is 4.40. The number of aliphatic hydroxyl groups excluding tert-OH is 1. The number of nitrogens with one attached hydrogen (secondary N) is 1. The Hall–Kier alpha value is -1.95. The van der Waals surface area contributed by atoms with Crippen LogP contribution in [0.25, 0.3) is 11.1 Å². The van der Waals surface area contributed by atoms with Crippen molar-refractivity contribution in [3.05, 3.63) is 23.0 Å². The van der Waals surface area contributed by atoms with E-state index in [-0.39, 0.29) is 18.4 Å². The molecule has 1 aliphatic rings. The molecule has 130 valence electrons. The number of rotatable bonds is 7. The van der Waals surface area contributed by atoms with Crippen LogP contribution in [0.15, 0.2) is 10.6 Å².